The second-order valence-corrected chi connectivity index (χ2v) is 7.03. The van der Waals surface area contributed by atoms with E-state index in [9.17, 15) is 0 Å². The number of hydrogen-bond acceptors (Lipinski definition) is 5. The minimum Gasteiger partial charge on any atom is -0.491 e. The average molecular weight is 369 g/mol. The van der Waals surface area contributed by atoms with Crippen LogP contribution < -0.4 is 15.2 Å². The number of aryl methyl sites for hydroxylation is 2. The Morgan fingerprint density at radius 1 is 0.885 bits per heavy atom. The third kappa shape index (κ3) is 4.36. The molecule has 0 atom stereocenters. The summed E-state index contributed by atoms with van der Waals surface area (Å²) in [6, 6.07) is 13.7. The number of methoxy groups -OCH3 is 1. The second kappa shape index (κ2) is 8.25. The van der Waals surface area contributed by atoms with E-state index in [1.165, 1.54) is 5.56 Å². The van der Waals surface area contributed by atoms with Gasteiger partial charge in [0, 0.05) is 12.5 Å². The molecule has 1 aromatic heterocycles. The first-order valence-electron chi connectivity index (χ1n) is 8.42. The lowest BCUT2D eigenvalue weighted by molar-refractivity contribution is 0.146. The van der Waals surface area contributed by atoms with Gasteiger partial charge in [0.1, 0.15) is 23.9 Å². The molecule has 3 rings (SSSR count). The van der Waals surface area contributed by atoms with Gasteiger partial charge in [0.15, 0.2) is 0 Å². The molecule has 3 aromatic rings. The smallest absolute Gasteiger partial charge is 0.128 e. The Kier molecular flexibility index (Phi) is 5.81. The Hall–Kier alpha value is -2.50. The predicted octanol–water partition coefficient (Wildman–Crippen LogP) is 5.43. The fraction of sp³-hybridized carbons (Fsp3) is 0.238. The van der Waals surface area contributed by atoms with Crippen molar-refractivity contribution in [3.8, 4) is 28.4 Å². The number of nitrogen functional groups attached to an aromatic ring is 1. The molecular formula is C21H23NO3S. The highest BCUT2D eigenvalue weighted by atomic mass is 32.1. The van der Waals surface area contributed by atoms with Crippen molar-refractivity contribution in [3.63, 3.8) is 0 Å². The van der Waals surface area contributed by atoms with Crippen LogP contribution in [-0.2, 0) is 4.74 Å². The van der Waals surface area contributed by atoms with Gasteiger partial charge in [-0.15, -0.1) is 11.3 Å². The molecule has 2 N–H and O–H groups in total. The van der Waals surface area contributed by atoms with Gasteiger partial charge in [-0.25, -0.2) is 0 Å². The molecule has 0 fully saturated rings. The van der Waals surface area contributed by atoms with E-state index in [1.54, 1.807) is 18.4 Å². The first-order chi connectivity index (χ1) is 12.6. The van der Waals surface area contributed by atoms with Gasteiger partial charge in [-0.3, -0.25) is 0 Å². The van der Waals surface area contributed by atoms with Crippen molar-refractivity contribution < 1.29 is 14.2 Å². The Bertz CT molecular complexity index is 848. The van der Waals surface area contributed by atoms with Gasteiger partial charge >= 0.3 is 0 Å². The highest BCUT2D eigenvalue weighted by Crippen LogP contribution is 2.35. The summed E-state index contributed by atoms with van der Waals surface area (Å²) in [5.41, 5.74) is 10.6. The van der Waals surface area contributed by atoms with Crippen molar-refractivity contribution in [3.05, 3.63) is 59.0 Å². The summed E-state index contributed by atoms with van der Waals surface area (Å²) >= 11 is 1.56. The first-order valence-corrected chi connectivity index (χ1v) is 9.30. The van der Waals surface area contributed by atoms with Crippen molar-refractivity contribution in [2.45, 2.75) is 13.8 Å². The van der Waals surface area contributed by atoms with Gasteiger partial charge in [0.25, 0.3) is 0 Å². The lowest BCUT2D eigenvalue weighted by Gasteiger charge is -2.13. The van der Waals surface area contributed by atoms with Crippen LogP contribution in [0.2, 0.25) is 0 Å². The van der Waals surface area contributed by atoms with E-state index < -0.39 is 0 Å². The predicted molar refractivity (Wildman–Crippen MR) is 108 cm³/mol. The fourth-order valence-corrected chi connectivity index (χ4v) is 3.55. The molecule has 136 valence electrons. The molecular weight excluding hydrogens is 346 g/mol. The molecule has 5 heteroatoms. The van der Waals surface area contributed by atoms with Gasteiger partial charge in [-0.1, -0.05) is 0 Å². The van der Waals surface area contributed by atoms with Crippen LogP contribution in [0, 0.1) is 13.8 Å². The number of ether oxygens (including phenoxy) is 3. The number of thiophene rings is 1. The molecule has 0 aliphatic rings. The van der Waals surface area contributed by atoms with Gasteiger partial charge < -0.3 is 19.9 Å². The monoisotopic (exact) mass is 369 g/mol. The first kappa shape index (κ1) is 18.3. The summed E-state index contributed by atoms with van der Waals surface area (Å²) in [6.07, 6.45) is 0. The maximum atomic E-state index is 6.01. The largest absolute Gasteiger partial charge is 0.491 e. The van der Waals surface area contributed by atoms with E-state index in [4.69, 9.17) is 19.9 Å². The standard InChI is InChI=1S/C21H23NO3S/c1-14-10-19(11-15(2)21(14)16-12-20(22)26-13-16)25-18-6-4-17(5-7-18)24-9-8-23-3/h4-7,10-13H,8-9,22H2,1-3H3. The van der Waals surface area contributed by atoms with E-state index in [2.05, 4.69) is 31.4 Å². The van der Waals surface area contributed by atoms with Crippen molar-refractivity contribution in [1.82, 2.24) is 0 Å². The Balaban J connectivity index is 1.74. The molecule has 26 heavy (non-hydrogen) atoms. The van der Waals surface area contributed by atoms with Gasteiger partial charge in [0.2, 0.25) is 0 Å². The zero-order valence-electron chi connectivity index (χ0n) is 15.2. The lowest BCUT2D eigenvalue weighted by Crippen LogP contribution is -2.03. The minimum absolute atomic E-state index is 0.531. The third-order valence-corrected chi connectivity index (χ3v) is 4.79. The van der Waals surface area contributed by atoms with Crippen molar-refractivity contribution in [1.29, 1.82) is 0 Å². The van der Waals surface area contributed by atoms with Crippen LogP contribution >= 0.6 is 11.3 Å². The summed E-state index contributed by atoms with van der Waals surface area (Å²) in [6.45, 7) is 5.29. The van der Waals surface area contributed by atoms with Crippen molar-refractivity contribution in [2.24, 2.45) is 0 Å². The molecule has 0 aliphatic heterocycles. The van der Waals surface area contributed by atoms with Crippen molar-refractivity contribution >= 4 is 16.3 Å². The quantitative estimate of drug-likeness (QED) is 0.564. The Morgan fingerprint density at radius 3 is 2.12 bits per heavy atom. The van der Waals surface area contributed by atoms with E-state index in [1.807, 2.05) is 30.3 Å². The molecule has 2 aromatic carbocycles. The van der Waals surface area contributed by atoms with E-state index in [0.29, 0.717) is 13.2 Å². The topological polar surface area (TPSA) is 53.7 Å². The van der Waals surface area contributed by atoms with E-state index in [0.717, 1.165) is 38.9 Å². The van der Waals surface area contributed by atoms with E-state index in [-0.39, 0.29) is 0 Å². The average Bonchev–Trinajstić information content (AvgIpc) is 3.02. The highest BCUT2D eigenvalue weighted by molar-refractivity contribution is 7.14. The molecule has 0 saturated heterocycles. The Labute approximate surface area is 158 Å². The van der Waals surface area contributed by atoms with Gasteiger partial charge in [0.05, 0.1) is 11.6 Å². The zero-order valence-corrected chi connectivity index (χ0v) is 16.1. The summed E-state index contributed by atoms with van der Waals surface area (Å²) in [5, 5.41) is 2.92. The van der Waals surface area contributed by atoms with Gasteiger partial charge in [-0.05, 0) is 78.6 Å². The summed E-state index contributed by atoms with van der Waals surface area (Å²) in [7, 11) is 1.66. The highest BCUT2D eigenvalue weighted by Gasteiger charge is 2.10. The Morgan fingerprint density at radius 2 is 1.54 bits per heavy atom. The van der Waals surface area contributed by atoms with Crippen LogP contribution in [-0.4, -0.2) is 20.3 Å². The van der Waals surface area contributed by atoms with Crippen LogP contribution in [0.1, 0.15) is 11.1 Å². The summed E-state index contributed by atoms with van der Waals surface area (Å²) < 4.78 is 16.6. The number of benzene rings is 2. The van der Waals surface area contributed by atoms with Crippen LogP contribution in [0.5, 0.6) is 17.2 Å². The molecule has 0 radical (unpaired) electrons. The number of hydrogen-bond donors (Lipinski definition) is 1. The van der Waals surface area contributed by atoms with Crippen LogP contribution in [0.25, 0.3) is 11.1 Å². The molecule has 1 heterocycles. The number of anilines is 1. The van der Waals surface area contributed by atoms with Gasteiger partial charge in [-0.2, -0.15) is 0 Å². The maximum Gasteiger partial charge on any atom is 0.128 e. The summed E-state index contributed by atoms with van der Waals surface area (Å²) in [5.74, 6) is 2.39. The fourth-order valence-electron chi connectivity index (χ4n) is 2.90. The minimum atomic E-state index is 0.531. The molecule has 4 nitrogen and oxygen atoms in total. The van der Waals surface area contributed by atoms with E-state index >= 15 is 0 Å². The molecule has 0 bridgehead atoms. The summed E-state index contributed by atoms with van der Waals surface area (Å²) in [4.78, 5) is 0. The van der Waals surface area contributed by atoms with Crippen LogP contribution in [0.15, 0.2) is 47.8 Å². The van der Waals surface area contributed by atoms with Crippen molar-refractivity contribution in [2.75, 3.05) is 26.1 Å². The zero-order chi connectivity index (χ0) is 18.5. The molecule has 0 saturated carbocycles. The third-order valence-electron chi connectivity index (χ3n) is 4.03. The second-order valence-electron chi connectivity index (χ2n) is 6.08. The van der Waals surface area contributed by atoms with Crippen LogP contribution in [0.3, 0.4) is 0 Å². The number of nitrogens with two attached hydrogens (primary N) is 1. The normalized spacial score (nSPS) is 10.7. The molecule has 0 amide bonds. The molecule has 0 spiro atoms. The number of rotatable bonds is 7. The molecule has 0 aliphatic carbocycles. The SMILES string of the molecule is COCCOc1ccc(Oc2cc(C)c(-c3csc(N)c3)c(C)c2)cc1. The molecule has 0 unspecified atom stereocenters. The maximum absolute atomic E-state index is 6.01. The van der Waals surface area contributed by atoms with Crippen LogP contribution in [0.4, 0.5) is 5.00 Å². The lowest BCUT2D eigenvalue weighted by atomic mass is 9.97.